The summed E-state index contributed by atoms with van der Waals surface area (Å²) in [4.78, 5) is 46.5. The molecule has 0 bridgehead atoms. The van der Waals surface area contributed by atoms with E-state index in [1.807, 2.05) is 4.90 Å². The number of methoxy groups -OCH3 is 3. The third kappa shape index (κ3) is 7.25. The maximum absolute atomic E-state index is 15.8. The highest BCUT2D eigenvalue weighted by Gasteiger charge is 2.63. The lowest BCUT2D eigenvalue weighted by Crippen LogP contribution is -2.62. The molecule has 18 heteroatoms. The van der Waals surface area contributed by atoms with E-state index in [1.165, 1.54) is 44.4 Å². The predicted molar refractivity (Wildman–Crippen MR) is 198 cm³/mol. The van der Waals surface area contributed by atoms with Gasteiger partial charge in [0.2, 0.25) is 5.91 Å². The minimum absolute atomic E-state index is 0.0629. The second-order valence-electron chi connectivity index (χ2n) is 13.9. The monoisotopic (exact) mass is 822 g/mol. The van der Waals surface area contributed by atoms with Crippen LogP contribution in [0.3, 0.4) is 0 Å². The van der Waals surface area contributed by atoms with Gasteiger partial charge in [0.15, 0.2) is 11.3 Å². The Bertz CT molecular complexity index is 2140. The van der Waals surface area contributed by atoms with Crippen LogP contribution in [0, 0.1) is 0 Å². The summed E-state index contributed by atoms with van der Waals surface area (Å²) in [6.45, 7) is 0.936. The Kier molecular flexibility index (Phi) is 11.6. The number of likely N-dealkylation sites (N-methyl/N-ethyl adjacent to an activating group) is 1. The molecule has 3 aromatic carbocycles. The maximum Gasteiger partial charge on any atom is 0.573 e. The molecule has 302 valence electrons. The SMILES string of the molecule is COC(=O)[C@@H]1CCCN1Cc1ccc(OC)c(C2(N3CCCC[C@H]3C(=O)N(C)C)C(=O)N(S(=O)(=O)c3ccc(OC)cc3OC(F)(F)F)c3ccc(Cl)cc32)c1. The second-order valence-corrected chi connectivity index (χ2v) is 16.1. The third-order valence-corrected chi connectivity index (χ3v) is 12.5. The molecule has 3 aromatic rings. The summed E-state index contributed by atoms with van der Waals surface area (Å²) in [5.74, 6) is -2.96. The van der Waals surface area contributed by atoms with E-state index in [1.54, 1.807) is 37.2 Å². The maximum atomic E-state index is 15.8. The Hall–Kier alpha value is -4.58. The lowest BCUT2D eigenvalue weighted by atomic mass is 9.78. The number of hydrogen-bond donors (Lipinski definition) is 0. The number of esters is 1. The molecule has 2 amide bonds. The van der Waals surface area contributed by atoms with Crippen molar-refractivity contribution in [3.05, 3.63) is 76.3 Å². The minimum Gasteiger partial charge on any atom is -0.497 e. The summed E-state index contributed by atoms with van der Waals surface area (Å²) >= 11 is 6.65. The number of carbonyl (C=O) groups excluding carboxylic acids is 3. The smallest absolute Gasteiger partial charge is 0.497 e. The molecule has 0 aliphatic carbocycles. The molecule has 3 aliphatic rings. The average molecular weight is 823 g/mol. The average Bonchev–Trinajstić information content (AvgIpc) is 3.73. The standard InChI is InChI=1S/C38H42ClF3N4O9S/c1-43(2)34(47)29-9-6-7-18-45(29)37(27-19-23(11-15-31(27)53-4)22-44-17-8-10-30(44)35(48)54-5)26-20-24(39)12-14-28(26)46(36(37)49)56(50,51)33-16-13-25(52-3)21-32(33)55-38(40,41)42/h11-16,19-21,29-30H,6-10,17-18,22H2,1-5H3/t29-,30-,37?/m0/s1. The highest BCUT2D eigenvalue weighted by atomic mass is 35.5. The molecule has 13 nitrogen and oxygen atoms in total. The fourth-order valence-electron chi connectivity index (χ4n) is 8.09. The van der Waals surface area contributed by atoms with Crippen molar-refractivity contribution in [2.24, 2.45) is 0 Å². The van der Waals surface area contributed by atoms with Gasteiger partial charge < -0.3 is 23.8 Å². The van der Waals surface area contributed by atoms with Crippen molar-refractivity contribution in [2.75, 3.05) is 52.8 Å². The molecule has 0 radical (unpaired) electrons. The molecule has 0 N–H and O–H groups in total. The summed E-state index contributed by atoms with van der Waals surface area (Å²) in [5.41, 5.74) is -1.49. The Morgan fingerprint density at radius 3 is 2.29 bits per heavy atom. The Balaban J connectivity index is 1.64. The van der Waals surface area contributed by atoms with Gasteiger partial charge in [-0.05, 0) is 80.3 Å². The third-order valence-electron chi connectivity index (χ3n) is 10.5. The van der Waals surface area contributed by atoms with Crippen molar-refractivity contribution >= 4 is 45.1 Å². The molecule has 2 saturated heterocycles. The van der Waals surface area contributed by atoms with Gasteiger partial charge in [-0.15, -0.1) is 13.2 Å². The van der Waals surface area contributed by atoms with Crippen LogP contribution in [-0.4, -0.2) is 108 Å². The first kappa shape index (κ1) is 41.1. The molecule has 1 unspecified atom stereocenters. The molecule has 0 spiro atoms. The van der Waals surface area contributed by atoms with Crippen LogP contribution in [0.25, 0.3) is 0 Å². The number of nitrogens with zero attached hydrogens (tertiary/aromatic N) is 4. The lowest BCUT2D eigenvalue weighted by Gasteiger charge is -2.47. The lowest BCUT2D eigenvalue weighted by molar-refractivity contribution is -0.275. The topological polar surface area (TPSA) is 135 Å². The van der Waals surface area contributed by atoms with E-state index in [0.717, 1.165) is 24.6 Å². The Morgan fingerprint density at radius 1 is 0.893 bits per heavy atom. The van der Waals surface area contributed by atoms with Gasteiger partial charge in [0, 0.05) is 49.4 Å². The molecular weight excluding hydrogens is 781 g/mol. The van der Waals surface area contributed by atoms with Gasteiger partial charge >= 0.3 is 12.3 Å². The van der Waals surface area contributed by atoms with Crippen molar-refractivity contribution in [3.63, 3.8) is 0 Å². The van der Waals surface area contributed by atoms with E-state index in [4.69, 9.17) is 25.8 Å². The van der Waals surface area contributed by atoms with Gasteiger partial charge in [-0.2, -0.15) is 0 Å². The number of alkyl halides is 3. The van der Waals surface area contributed by atoms with Crippen LogP contribution in [0.5, 0.6) is 17.2 Å². The number of sulfonamides is 1. The van der Waals surface area contributed by atoms with Gasteiger partial charge in [0.1, 0.15) is 22.4 Å². The van der Waals surface area contributed by atoms with E-state index in [2.05, 4.69) is 4.74 Å². The molecular formula is C38H42ClF3N4O9S. The fourth-order valence-corrected chi connectivity index (χ4v) is 9.82. The molecule has 3 aliphatic heterocycles. The number of hydrogen-bond acceptors (Lipinski definition) is 11. The molecule has 0 aromatic heterocycles. The van der Waals surface area contributed by atoms with Crippen LogP contribution < -0.4 is 18.5 Å². The van der Waals surface area contributed by atoms with Gasteiger partial charge in [-0.3, -0.25) is 24.2 Å². The van der Waals surface area contributed by atoms with Crippen LogP contribution >= 0.6 is 11.6 Å². The Labute approximate surface area is 327 Å². The number of ether oxygens (including phenoxy) is 4. The molecule has 3 heterocycles. The van der Waals surface area contributed by atoms with Crippen LogP contribution in [0.4, 0.5) is 18.9 Å². The van der Waals surface area contributed by atoms with E-state index in [9.17, 15) is 31.2 Å². The molecule has 2 fully saturated rings. The number of rotatable bonds is 11. The minimum atomic E-state index is -5.32. The number of piperidine rings is 1. The van der Waals surface area contributed by atoms with Gasteiger partial charge in [-0.1, -0.05) is 24.1 Å². The molecule has 3 atom stereocenters. The highest BCUT2D eigenvalue weighted by Crippen LogP contribution is 2.55. The zero-order chi connectivity index (χ0) is 40.7. The zero-order valence-corrected chi connectivity index (χ0v) is 33.0. The number of carbonyl (C=O) groups is 3. The van der Waals surface area contributed by atoms with Crippen molar-refractivity contribution in [2.45, 2.75) is 67.5 Å². The summed E-state index contributed by atoms with van der Waals surface area (Å²) in [6, 6.07) is 10.4. The largest absolute Gasteiger partial charge is 0.573 e. The van der Waals surface area contributed by atoms with E-state index < -0.39 is 56.5 Å². The fraction of sp³-hybridized carbons (Fsp3) is 0.447. The van der Waals surface area contributed by atoms with Crippen LogP contribution in [0.2, 0.25) is 5.02 Å². The van der Waals surface area contributed by atoms with Crippen molar-refractivity contribution in [1.82, 2.24) is 14.7 Å². The zero-order valence-electron chi connectivity index (χ0n) is 31.4. The van der Waals surface area contributed by atoms with E-state index in [-0.39, 0.29) is 52.3 Å². The number of amides is 2. The second kappa shape index (κ2) is 15.8. The summed E-state index contributed by atoms with van der Waals surface area (Å²) in [5, 5.41) is 0.117. The first-order valence-corrected chi connectivity index (χ1v) is 19.6. The highest BCUT2D eigenvalue weighted by molar-refractivity contribution is 7.93. The first-order chi connectivity index (χ1) is 26.5. The quantitative estimate of drug-likeness (QED) is 0.233. The number of likely N-dealkylation sites (tertiary alicyclic amines) is 2. The van der Waals surface area contributed by atoms with Crippen molar-refractivity contribution in [1.29, 1.82) is 0 Å². The van der Waals surface area contributed by atoms with Crippen LogP contribution in [-0.2, 0) is 41.2 Å². The summed E-state index contributed by atoms with van der Waals surface area (Å²) in [7, 11) is 1.77. The first-order valence-electron chi connectivity index (χ1n) is 17.8. The Morgan fingerprint density at radius 2 is 1.62 bits per heavy atom. The van der Waals surface area contributed by atoms with Crippen molar-refractivity contribution in [3.8, 4) is 17.2 Å². The van der Waals surface area contributed by atoms with E-state index in [0.29, 0.717) is 42.1 Å². The number of benzene rings is 3. The summed E-state index contributed by atoms with van der Waals surface area (Å²) < 4.78 is 91.8. The van der Waals surface area contributed by atoms with Gasteiger partial charge in [0.05, 0.1) is 33.1 Å². The van der Waals surface area contributed by atoms with Crippen molar-refractivity contribution < 1.29 is 54.9 Å². The van der Waals surface area contributed by atoms with E-state index >= 15 is 4.79 Å². The predicted octanol–water partition coefficient (Wildman–Crippen LogP) is 5.32. The number of fused-ring (bicyclic) bond motifs is 1. The van der Waals surface area contributed by atoms with Gasteiger partial charge in [-0.25, -0.2) is 12.7 Å². The van der Waals surface area contributed by atoms with Crippen LogP contribution in [0.15, 0.2) is 59.5 Å². The number of anilines is 1. The number of halogens is 4. The molecule has 56 heavy (non-hydrogen) atoms. The van der Waals surface area contributed by atoms with Crippen LogP contribution in [0.1, 0.15) is 48.8 Å². The molecule has 0 saturated carbocycles. The summed E-state index contributed by atoms with van der Waals surface area (Å²) in [6.07, 6.45) is -2.59. The molecule has 6 rings (SSSR count). The van der Waals surface area contributed by atoms with Gasteiger partial charge in [0.25, 0.3) is 15.9 Å². The normalized spacial score (nSPS) is 21.8.